The highest BCUT2D eigenvalue weighted by Gasteiger charge is 2.18. The van der Waals surface area contributed by atoms with Crippen molar-refractivity contribution in [3.05, 3.63) is 35.7 Å². The van der Waals surface area contributed by atoms with Crippen LogP contribution in [0.4, 0.5) is 0 Å². The van der Waals surface area contributed by atoms with Crippen LogP contribution in [0.3, 0.4) is 0 Å². The van der Waals surface area contributed by atoms with Crippen molar-refractivity contribution >= 4 is 0 Å². The topological polar surface area (TPSA) is 51.0 Å². The molecule has 0 amide bonds. The Morgan fingerprint density at radius 1 is 1.33 bits per heavy atom. The highest BCUT2D eigenvalue weighted by molar-refractivity contribution is 5.54. The van der Waals surface area contributed by atoms with E-state index >= 15 is 0 Å². The minimum absolute atomic E-state index is 0.497. The van der Waals surface area contributed by atoms with Gasteiger partial charge in [0.2, 0.25) is 11.7 Å². The van der Waals surface area contributed by atoms with Crippen LogP contribution >= 0.6 is 0 Å². The molecule has 1 atom stereocenters. The zero-order valence-electron chi connectivity index (χ0n) is 10.5. The lowest BCUT2D eigenvalue weighted by Crippen LogP contribution is -2.23. The molecule has 1 fully saturated rings. The summed E-state index contributed by atoms with van der Waals surface area (Å²) in [6.07, 6.45) is 3.27. The Bertz CT molecular complexity index is 512. The zero-order chi connectivity index (χ0) is 12.4. The lowest BCUT2D eigenvalue weighted by Gasteiger charge is -2.04. The van der Waals surface area contributed by atoms with E-state index in [1.165, 1.54) is 18.4 Å². The van der Waals surface area contributed by atoms with Gasteiger partial charge in [-0.05, 0) is 26.3 Å². The van der Waals surface area contributed by atoms with Crippen LogP contribution in [-0.4, -0.2) is 22.7 Å². The van der Waals surface area contributed by atoms with E-state index in [1.807, 2.05) is 12.1 Å². The van der Waals surface area contributed by atoms with Gasteiger partial charge >= 0.3 is 0 Å². The molecule has 0 radical (unpaired) electrons. The molecule has 1 aromatic heterocycles. The first kappa shape index (κ1) is 11.4. The van der Waals surface area contributed by atoms with Crippen LogP contribution in [0, 0.1) is 6.92 Å². The van der Waals surface area contributed by atoms with Gasteiger partial charge in [0.05, 0.1) is 0 Å². The number of nitrogens with zero attached hydrogens (tertiary/aromatic N) is 2. The van der Waals surface area contributed by atoms with E-state index in [1.54, 1.807) is 0 Å². The van der Waals surface area contributed by atoms with Gasteiger partial charge in [-0.25, -0.2) is 0 Å². The van der Waals surface area contributed by atoms with Crippen LogP contribution in [-0.2, 0) is 6.42 Å². The normalized spacial score (nSPS) is 19.3. The number of hydrogen-bond acceptors (Lipinski definition) is 4. The molecular weight excluding hydrogens is 226 g/mol. The van der Waals surface area contributed by atoms with Gasteiger partial charge < -0.3 is 9.84 Å². The summed E-state index contributed by atoms with van der Waals surface area (Å²) in [5, 5.41) is 7.48. The van der Waals surface area contributed by atoms with Crippen molar-refractivity contribution in [2.75, 3.05) is 6.54 Å². The second kappa shape index (κ2) is 4.90. The Morgan fingerprint density at radius 2 is 2.17 bits per heavy atom. The molecule has 2 heterocycles. The summed E-state index contributed by atoms with van der Waals surface area (Å²) < 4.78 is 5.31. The minimum atomic E-state index is 0.497. The lowest BCUT2D eigenvalue weighted by molar-refractivity contribution is 0.364. The summed E-state index contributed by atoms with van der Waals surface area (Å²) >= 11 is 0. The van der Waals surface area contributed by atoms with E-state index < -0.39 is 0 Å². The second-order valence-corrected chi connectivity index (χ2v) is 4.88. The third-order valence-corrected chi connectivity index (χ3v) is 3.36. The summed E-state index contributed by atoms with van der Waals surface area (Å²) in [5.41, 5.74) is 2.24. The highest BCUT2D eigenvalue weighted by atomic mass is 16.5. The smallest absolute Gasteiger partial charge is 0.228 e. The molecule has 3 rings (SSSR count). The molecule has 1 saturated heterocycles. The molecule has 0 spiro atoms. The largest absolute Gasteiger partial charge is 0.339 e. The maximum Gasteiger partial charge on any atom is 0.228 e. The Labute approximate surface area is 106 Å². The number of hydrogen-bond donors (Lipinski definition) is 1. The highest BCUT2D eigenvalue weighted by Crippen LogP contribution is 2.18. The SMILES string of the molecule is Cc1ccc(-c2noc(CC3CCCN3)n2)cc1. The van der Waals surface area contributed by atoms with Crippen molar-refractivity contribution in [1.82, 2.24) is 15.5 Å². The van der Waals surface area contributed by atoms with Crippen molar-refractivity contribution in [3.8, 4) is 11.4 Å². The van der Waals surface area contributed by atoms with E-state index in [0.29, 0.717) is 11.9 Å². The molecule has 0 saturated carbocycles. The second-order valence-electron chi connectivity index (χ2n) is 4.88. The van der Waals surface area contributed by atoms with E-state index in [9.17, 15) is 0 Å². The van der Waals surface area contributed by atoms with Gasteiger partial charge in [-0.1, -0.05) is 35.0 Å². The Hall–Kier alpha value is -1.68. The lowest BCUT2D eigenvalue weighted by atomic mass is 10.1. The quantitative estimate of drug-likeness (QED) is 0.899. The Kier molecular flexibility index (Phi) is 3.11. The fraction of sp³-hybridized carbons (Fsp3) is 0.429. The fourth-order valence-electron chi connectivity index (χ4n) is 2.30. The predicted octanol–water partition coefficient (Wildman–Crippen LogP) is 2.34. The first-order valence-corrected chi connectivity index (χ1v) is 6.44. The summed E-state index contributed by atoms with van der Waals surface area (Å²) in [5.74, 6) is 1.41. The molecule has 1 aromatic carbocycles. The molecule has 1 aliphatic heterocycles. The summed E-state index contributed by atoms with van der Waals surface area (Å²) in [4.78, 5) is 4.46. The molecule has 0 bridgehead atoms. The molecule has 1 N–H and O–H groups in total. The van der Waals surface area contributed by atoms with Crippen molar-refractivity contribution in [1.29, 1.82) is 0 Å². The van der Waals surface area contributed by atoms with Gasteiger partial charge in [0.15, 0.2) is 0 Å². The molecule has 4 heteroatoms. The number of aromatic nitrogens is 2. The minimum Gasteiger partial charge on any atom is -0.339 e. The Morgan fingerprint density at radius 3 is 2.89 bits per heavy atom. The van der Waals surface area contributed by atoms with E-state index in [2.05, 4.69) is 34.5 Å². The summed E-state index contributed by atoms with van der Waals surface area (Å²) in [6, 6.07) is 8.67. The van der Waals surface area contributed by atoms with E-state index in [0.717, 1.165) is 24.4 Å². The van der Waals surface area contributed by atoms with Crippen molar-refractivity contribution < 1.29 is 4.52 Å². The average molecular weight is 243 g/mol. The molecule has 4 nitrogen and oxygen atoms in total. The monoisotopic (exact) mass is 243 g/mol. The van der Waals surface area contributed by atoms with Gasteiger partial charge in [-0.15, -0.1) is 0 Å². The average Bonchev–Trinajstić information content (AvgIpc) is 3.02. The van der Waals surface area contributed by atoms with Gasteiger partial charge in [0, 0.05) is 18.0 Å². The van der Waals surface area contributed by atoms with Gasteiger partial charge in [-0.2, -0.15) is 4.98 Å². The number of rotatable bonds is 3. The predicted molar refractivity (Wildman–Crippen MR) is 69.2 cm³/mol. The van der Waals surface area contributed by atoms with E-state index in [4.69, 9.17) is 4.52 Å². The van der Waals surface area contributed by atoms with Gasteiger partial charge in [0.1, 0.15) is 0 Å². The van der Waals surface area contributed by atoms with Crippen LogP contribution in [0.5, 0.6) is 0 Å². The zero-order valence-corrected chi connectivity index (χ0v) is 10.5. The Balaban J connectivity index is 1.74. The molecule has 1 aliphatic rings. The van der Waals surface area contributed by atoms with Crippen molar-refractivity contribution in [2.24, 2.45) is 0 Å². The number of nitrogens with one attached hydrogen (secondary N) is 1. The van der Waals surface area contributed by atoms with Gasteiger partial charge in [0.25, 0.3) is 0 Å². The third-order valence-electron chi connectivity index (χ3n) is 3.36. The summed E-state index contributed by atoms with van der Waals surface area (Å²) in [6.45, 7) is 3.17. The van der Waals surface area contributed by atoms with Crippen LogP contribution in [0.15, 0.2) is 28.8 Å². The fourth-order valence-corrected chi connectivity index (χ4v) is 2.30. The molecule has 2 aromatic rings. The first-order chi connectivity index (χ1) is 8.81. The summed E-state index contributed by atoms with van der Waals surface area (Å²) in [7, 11) is 0. The molecule has 1 unspecified atom stereocenters. The van der Waals surface area contributed by atoms with E-state index in [-0.39, 0.29) is 0 Å². The van der Waals surface area contributed by atoms with Gasteiger partial charge in [-0.3, -0.25) is 0 Å². The maximum absolute atomic E-state index is 5.31. The first-order valence-electron chi connectivity index (χ1n) is 6.44. The third kappa shape index (κ3) is 2.43. The standard InChI is InChI=1S/C14H17N3O/c1-10-4-6-11(7-5-10)14-16-13(18-17-14)9-12-3-2-8-15-12/h4-7,12,15H,2-3,8-9H2,1H3. The molecule has 18 heavy (non-hydrogen) atoms. The van der Waals surface area contributed by atoms with Crippen LogP contribution in [0.2, 0.25) is 0 Å². The van der Waals surface area contributed by atoms with Crippen LogP contribution < -0.4 is 5.32 Å². The van der Waals surface area contributed by atoms with Crippen LogP contribution in [0.1, 0.15) is 24.3 Å². The number of benzene rings is 1. The maximum atomic E-state index is 5.31. The molecule has 0 aliphatic carbocycles. The molecular formula is C14H17N3O. The molecule has 94 valence electrons. The number of aryl methyl sites for hydroxylation is 1. The van der Waals surface area contributed by atoms with Crippen LogP contribution in [0.25, 0.3) is 11.4 Å². The van der Waals surface area contributed by atoms with Crippen molar-refractivity contribution in [3.63, 3.8) is 0 Å². The van der Waals surface area contributed by atoms with Crippen molar-refractivity contribution in [2.45, 2.75) is 32.2 Å².